The second kappa shape index (κ2) is 15.9. The van der Waals surface area contributed by atoms with Crippen LogP contribution in [0.2, 0.25) is 0 Å². The van der Waals surface area contributed by atoms with E-state index in [1.54, 1.807) is 0 Å². The van der Waals surface area contributed by atoms with E-state index in [0.717, 1.165) is 0 Å². The average Bonchev–Trinajstić information content (AvgIpc) is 2.95. The number of allylic oxidation sites excluding steroid dienone is 1. The summed E-state index contributed by atoms with van der Waals surface area (Å²) in [5, 5.41) is 0. The summed E-state index contributed by atoms with van der Waals surface area (Å²) in [5.74, 6) is 0.114. The Labute approximate surface area is 236 Å². The third kappa shape index (κ3) is 12.6. The first-order valence-corrected chi connectivity index (χ1v) is 12.2. The van der Waals surface area contributed by atoms with Gasteiger partial charge in [0.15, 0.2) is 19.1 Å². The number of fused-ring (bicyclic) bond motifs is 1. The summed E-state index contributed by atoms with van der Waals surface area (Å²) in [5.41, 5.74) is 6.46. The first-order chi connectivity index (χ1) is 13.3. The van der Waals surface area contributed by atoms with Gasteiger partial charge < -0.3 is 43.7 Å². The molecule has 2 aromatic heterocycles. The number of phosphoric acid groups is 2. The van der Waals surface area contributed by atoms with Gasteiger partial charge in [0.2, 0.25) is 0 Å². The van der Waals surface area contributed by atoms with Crippen LogP contribution in [0.1, 0.15) is 12.5 Å². The van der Waals surface area contributed by atoms with Crippen molar-refractivity contribution in [2.45, 2.75) is 12.5 Å². The van der Waals surface area contributed by atoms with Gasteiger partial charge in [-0.25, -0.2) is 15.0 Å². The Hall–Kier alpha value is 0.890. The fraction of sp³-hybridized carbons (Fsp3) is 0.364. The van der Waals surface area contributed by atoms with E-state index in [1.165, 1.54) is 23.3 Å². The molecule has 0 amide bonds. The molecular weight excluding hydrogens is 483 g/mol. The van der Waals surface area contributed by atoms with Gasteiger partial charge in [-0.3, -0.25) is 13.2 Å². The van der Waals surface area contributed by atoms with Crippen molar-refractivity contribution in [3.63, 3.8) is 0 Å². The molecule has 2 N–H and O–H groups in total. The molecule has 2 aromatic rings. The molecule has 2 rings (SSSR count). The van der Waals surface area contributed by atoms with Gasteiger partial charge >= 0.3 is 75.4 Å². The number of ether oxygens (including phenoxy) is 1. The summed E-state index contributed by atoms with van der Waals surface area (Å²) in [7, 11) is -17.3. The molecule has 3 unspecified atom stereocenters. The van der Waals surface area contributed by atoms with E-state index >= 15 is 0 Å². The number of nitrogens with zero attached hydrogens (tertiary/aromatic N) is 4. The van der Waals surface area contributed by atoms with Gasteiger partial charge in [-0.05, 0) is 6.42 Å². The monoisotopic (exact) mass is 497 g/mol. The van der Waals surface area contributed by atoms with Gasteiger partial charge in [0.05, 0.1) is 26.8 Å². The van der Waals surface area contributed by atoms with E-state index in [1.807, 2.05) is 0 Å². The van der Waals surface area contributed by atoms with Crippen LogP contribution in [0, 0.1) is 0 Å². The molecule has 0 spiro atoms. The molecule has 0 saturated heterocycles. The number of nitrogen functional groups attached to an aromatic ring is 1. The van der Waals surface area contributed by atoms with Crippen molar-refractivity contribution in [2.24, 2.45) is 0 Å². The zero-order chi connectivity index (χ0) is 21.9. The minimum absolute atomic E-state index is 0. The zero-order valence-corrected chi connectivity index (χ0v) is 21.1. The predicted molar refractivity (Wildman–Crippen MR) is 89.4 cm³/mol. The van der Waals surface area contributed by atoms with E-state index in [0.29, 0.717) is 5.52 Å². The maximum absolute atomic E-state index is 11.7. The average molecular weight is 497 g/mol. The largest absolute Gasteiger partial charge is 1.00 e. The van der Waals surface area contributed by atoms with Crippen LogP contribution in [-0.4, -0.2) is 32.5 Å². The molecule has 0 aliphatic rings. The second-order valence-electron chi connectivity index (χ2n) is 5.43. The summed E-state index contributed by atoms with van der Waals surface area (Å²) in [6.07, 6.45) is 3.09. The fourth-order valence-corrected chi connectivity index (χ4v) is 5.35. The summed E-state index contributed by atoms with van der Waals surface area (Å²) in [6, 6.07) is -0.579. The molecule has 0 aliphatic carbocycles. The van der Waals surface area contributed by atoms with Gasteiger partial charge in [-0.2, -0.15) is 0 Å². The Kier molecular flexibility index (Phi) is 18.5. The molecule has 0 aliphatic heterocycles. The van der Waals surface area contributed by atoms with Gasteiger partial charge in [0.25, 0.3) is 7.82 Å². The first kappa shape index (κ1) is 38.4. The van der Waals surface area contributed by atoms with Crippen LogP contribution in [0.3, 0.4) is 0 Å². The number of imidazole rings is 1. The predicted octanol–water partition coefficient (Wildman–Crippen LogP) is -13.6. The van der Waals surface area contributed by atoms with Crippen molar-refractivity contribution in [1.82, 2.24) is 19.5 Å². The third-order valence-electron chi connectivity index (χ3n) is 3.21. The Balaban J connectivity index is -0.00000225. The Morgan fingerprint density at radius 2 is 1.67 bits per heavy atom. The molecule has 15 nitrogen and oxygen atoms in total. The summed E-state index contributed by atoms with van der Waals surface area (Å²) >= 11 is 0. The van der Waals surface area contributed by atoms with Crippen LogP contribution in [0.25, 0.3) is 11.2 Å². The van der Waals surface area contributed by atoms with Crippen LogP contribution in [0.5, 0.6) is 0 Å². The van der Waals surface area contributed by atoms with Gasteiger partial charge in [0.1, 0.15) is 18.2 Å². The van der Waals surface area contributed by atoms with Crippen molar-refractivity contribution in [3.05, 3.63) is 25.3 Å². The Morgan fingerprint density at radius 3 is 2.21 bits per heavy atom. The van der Waals surface area contributed by atoms with Crippen LogP contribution in [0.15, 0.2) is 25.3 Å². The number of hydrogen-bond donors (Lipinski definition) is 1. The smallest absolute Gasteiger partial charge is 0.790 e. The number of anilines is 1. The van der Waals surface area contributed by atoms with Crippen LogP contribution >= 0.6 is 23.2 Å². The van der Waals surface area contributed by atoms with Crippen molar-refractivity contribution >= 4 is 40.2 Å². The van der Waals surface area contributed by atoms with Crippen LogP contribution in [-0.2, 0) is 27.1 Å². The SMILES string of the molecule is C=CCC(COCP(=O)([O-])OP(=O)([O-])OP(=O)([O-])[O-])n1cnc2ncnc(N)c21.[Li+].[Li+].[Li+].[Li+]. The van der Waals surface area contributed by atoms with Crippen molar-refractivity contribution in [3.8, 4) is 0 Å². The minimum atomic E-state index is -6.03. The molecule has 0 bridgehead atoms. The molecule has 0 radical (unpaired) electrons. The van der Waals surface area contributed by atoms with E-state index < -0.39 is 35.6 Å². The van der Waals surface area contributed by atoms with E-state index in [2.05, 4.69) is 30.2 Å². The maximum Gasteiger partial charge on any atom is 1.00 e. The van der Waals surface area contributed by atoms with E-state index in [4.69, 9.17) is 10.5 Å². The van der Waals surface area contributed by atoms with Gasteiger partial charge in [-0.1, -0.05) is 6.08 Å². The summed E-state index contributed by atoms with van der Waals surface area (Å²) < 4.78 is 46.4. The summed E-state index contributed by atoms with van der Waals surface area (Å²) in [6.45, 7) is 3.28. The molecule has 2 heterocycles. The van der Waals surface area contributed by atoms with Crippen molar-refractivity contribution in [2.75, 3.05) is 18.7 Å². The summed E-state index contributed by atoms with van der Waals surface area (Å²) in [4.78, 5) is 55.3. The van der Waals surface area contributed by atoms with E-state index in [-0.39, 0.29) is 99.9 Å². The van der Waals surface area contributed by atoms with Crippen LogP contribution < -0.4 is 101 Å². The van der Waals surface area contributed by atoms with Gasteiger partial charge in [0, 0.05) is 0 Å². The first-order valence-electron chi connectivity index (χ1n) is 7.51. The fourth-order valence-electron chi connectivity index (χ4n) is 2.24. The van der Waals surface area contributed by atoms with Gasteiger partial charge in [-0.15, -0.1) is 6.58 Å². The minimum Gasteiger partial charge on any atom is -0.790 e. The molecule has 3 atom stereocenters. The number of hydrogen-bond acceptors (Lipinski definition) is 14. The van der Waals surface area contributed by atoms with E-state index in [9.17, 15) is 33.3 Å². The Morgan fingerprint density at radius 1 is 1.06 bits per heavy atom. The standard InChI is InChI=1S/C11H18N5O10P3.4Li/c1-2-3-8(16-6-15-11-9(16)10(12)13-5-14-11)4-24-7-27(17,18)25-29(22,23)26-28(19,20)21;;;;/h2,5-6,8H,1,3-4,7H2,(H,17,18)(H,22,23)(H2,12,13,14)(H2,19,20,21);;;;/q;4*+1/p-4. The zero-order valence-electron chi connectivity index (χ0n) is 18.4. The quantitative estimate of drug-likeness (QED) is 0.172. The third-order valence-corrected chi connectivity index (χ3v) is 7.10. The molecule has 0 fully saturated rings. The number of aromatic nitrogens is 4. The van der Waals surface area contributed by atoms with Crippen molar-refractivity contribution < 1.29 is 122 Å². The van der Waals surface area contributed by atoms with Crippen molar-refractivity contribution in [1.29, 1.82) is 0 Å². The van der Waals surface area contributed by atoms with Crippen LogP contribution in [0.4, 0.5) is 5.82 Å². The topological polar surface area (TPSA) is 241 Å². The molecule has 22 heteroatoms. The Bertz CT molecular complexity index is 1040. The molecule has 33 heavy (non-hydrogen) atoms. The number of rotatable bonds is 11. The maximum atomic E-state index is 11.7. The second-order valence-corrected chi connectivity index (χ2v) is 10.0. The normalized spacial score (nSPS) is 15.4. The molecule has 162 valence electrons. The molecule has 0 saturated carbocycles. The number of nitrogens with two attached hydrogens (primary N) is 1. The molecular formula is C11H14Li4N5O10P3. The molecule has 0 aromatic carbocycles.